The Bertz CT molecular complexity index is 425. The Morgan fingerprint density at radius 3 is 1.71 bits per heavy atom. The molecule has 1 aliphatic rings. The average Bonchev–Trinajstić information content (AvgIpc) is 2.61. The summed E-state index contributed by atoms with van der Waals surface area (Å²) in [6, 6.07) is 8.47. The molecule has 0 aliphatic carbocycles. The van der Waals surface area contributed by atoms with Crippen molar-refractivity contribution in [3.05, 3.63) is 29.8 Å². The fraction of sp³-hybridized carbons (Fsp3) is 0.647. The van der Waals surface area contributed by atoms with Gasteiger partial charge in [-0.15, -0.1) is 0 Å². The van der Waals surface area contributed by atoms with Crippen molar-refractivity contribution < 1.29 is 9.31 Å². The molecular formula is C17H30BNO2. The van der Waals surface area contributed by atoms with E-state index in [1.807, 2.05) is 13.8 Å². The van der Waals surface area contributed by atoms with Crippen molar-refractivity contribution in [1.29, 1.82) is 0 Å². The Kier molecular flexibility index (Phi) is 6.03. The Morgan fingerprint density at radius 1 is 0.905 bits per heavy atom. The van der Waals surface area contributed by atoms with E-state index in [4.69, 9.17) is 9.31 Å². The Balaban J connectivity index is 0.00000106. The standard InChI is InChI=1S/C15H24BNO2.C2H6/c1-14(2)15(3,4)19-16(18-14)13-9-7-12(8-10-13)11-17(5)6;1-2/h7-10H,11H2,1-6H3;1-2H3. The fourth-order valence-corrected chi connectivity index (χ4v) is 2.12. The topological polar surface area (TPSA) is 21.7 Å². The van der Waals surface area contributed by atoms with Gasteiger partial charge in [0, 0.05) is 6.54 Å². The zero-order valence-corrected chi connectivity index (χ0v) is 14.9. The SMILES string of the molecule is CC.CN(C)Cc1ccc(B2OC(C)(C)C(C)(C)O2)cc1. The Morgan fingerprint density at radius 2 is 1.33 bits per heavy atom. The van der Waals surface area contributed by atoms with Gasteiger partial charge in [0.25, 0.3) is 0 Å². The molecule has 3 nitrogen and oxygen atoms in total. The van der Waals surface area contributed by atoms with E-state index in [1.54, 1.807) is 0 Å². The maximum Gasteiger partial charge on any atom is 0.494 e. The van der Waals surface area contributed by atoms with Crippen LogP contribution in [0.3, 0.4) is 0 Å². The van der Waals surface area contributed by atoms with Gasteiger partial charge < -0.3 is 14.2 Å². The highest BCUT2D eigenvalue weighted by Gasteiger charge is 2.51. The lowest BCUT2D eigenvalue weighted by atomic mass is 9.79. The molecule has 1 saturated heterocycles. The van der Waals surface area contributed by atoms with E-state index in [2.05, 4.69) is 71.0 Å². The van der Waals surface area contributed by atoms with Crippen LogP contribution in [-0.4, -0.2) is 37.3 Å². The normalized spacial score (nSPS) is 19.4. The predicted molar refractivity (Wildman–Crippen MR) is 90.9 cm³/mol. The van der Waals surface area contributed by atoms with Crippen LogP contribution in [-0.2, 0) is 15.9 Å². The minimum atomic E-state index is -0.278. The Hall–Kier alpha value is -0.835. The first-order valence-corrected chi connectivity index (χ1v) is 7.80. The molecule has 1 aromatic rings. The minimum absolute atomic E-state index is 0.265. The molecule has 0 spiro atoms. The molecule has 2 rings (SSSR count). The first kappa shape index (κ1) is 18.2. The van der Waals surface area contributed by atoms with Crippen LogP contribution in [0.2, 0.25) is 0 Å². The van der Waals surface area contributed by atoms with Gasteiger partial charge in [-0.25, -0.2) is 0 Å². The van der Waals surface area contributed by atoms with E-state index in [-0.39, 0.29) is 18.3 Å². The summed E-state index contributed by atoms with van der Waals surface area (Å²) in [6.45, 7) is 13.3. The molecule has 0 bridgehead atoms. The highest BCUT2D eigenvalue weighted by molar-refractivity contribution is 6.62. The first-order valence-electron chi connectivity index (χ1n) is 7.80. The van der Waals surface area contributed by atoms with Crippen molar-refractivity contribution >= 4 is 12.6 Å². The van der Waals surface area contributed by atoms with Crippen molar-refractivity contribution in [1.82, 2.24) is 4.90 Å². The van der Waals surface area contributed by atoms with E-state index >= 15 is 0 Å². The zero-order chi connectivity index (χ0) is 16.3. The number of hydrogen-bond acceptors (Lipinski definition) is 3. The van der Waals surface area contributed by atoms with Gasteiger partial charge in [-0.3, -0.25) is 0 Å². The third-order valence-corrected chi connectivity index (χ3v) is 4.00. The van der Waals surface area contributed by atoms with Gasteiger partial charge in [-0.05, 0) is 52.8 Å². The van der Waals surface area contributed by atoms with E-state index in [9.17, 15) is 0 Å². The molecule has 21 heavy (non-hydrogen) atoms. The molecule has 0 atom stereocenters. The zero-order valence-electron chi connectivity index (χ0n) is 14.9. The summed E-state index contributed by atoms with van der Waals surface area (Å²) in [4.78, 5) is 2.16. The minimum Gasteiger partial charge on any atom is -0.399 e. The predicted octanol–water partition coefficient (Wildman–Crippen LogP) is 3.07. The van der Waals surface area contributed by atoms with Gasteiger partial charge in [0.1, 0.15) is 0 Å². The van der Waals surface area contributed by atoms with Gasteiger partial charge in [0.15, 0.2) is 0 Å². The largest absolute Gasteiger partial charge is 0.494 e. The molecule has 1 aromatic carbocycles. The highest BCUT2D eigenvalue weighted by atomic mass is 16.7. The van der Waals surface area contributed by atoms with Crippen molar-refractivity contribution in [3.63, 3.8) is 0 Å². The Labute approximate surface area is 130 Å². The van der Waals surface area contributed by atoms with E-state index in [1.165, 1.54) is 5.56 Å². The summed E-state index contributed by atoms with van der Waals surface area (Å²) in [5.41, 5.74) is 1.83. The smallest absolute Gasteiger partial charge is 0.399 e. The van der Waals surface area contributed by atoms with Gasteiger partial charge in [0.05, 0.1) is 11.2 Å². The molecule has 0 aromatic heterocycles. The molecular weight excluding hydrogens is 261 g/mol. The maximum atomic E-state index is 6.04. The number of benzene rings is 1. The lowest BCUT2D eigenvalue weighted by Crippen LogP contribution is -2.41. The molecule has 0 saturated carbocycles. The monoisotopic (exact) mass is 291 g/mol. The van der Waals surface area contributed by atoms with Gasteiger partial charge >= 0.3 is 7.12 Å². The van der Waals surface area contributed by atoms with Crippen LogP contribution in [0.15, 0.2) is 24.3 Å². The summed E-state index contributed by atoms with van der Waals surface area (Å²) in [6.07, 6.45) is 0. The van der Waals surface area contributed by atoms with Gasteiger partial charge in [-0.2, -0.15) is 0 Å². The molecule has 1 fully saturated rings. The second-order valence-electron chi connectivity index (χ2n) is 6.57. The summed E-state index contributed by atoms with van der Waals surface area (Å²) in [7, 11) is 3.88. The van der Waals surface area contributed by atoms with Crippen LogP contribution in [0.1, 0.15) is 47.1 Å². The van der Waals surface area contributed by atoms with Crippen LogP contribution >= 0.6 is 0 Å². The van der Waals surface area contributed by atoms with Crippen LogP contribution < -0.4 is 5.46 Å². The molecule has 1 heterocycles. The van der Waals surface area contributed by atoms with E-state index in [0.717, 1.165) is 12.0 Å². The second kappa shape index (κ2) is 6.95. The molecule has 0 amide bonds. The number of nitrogens with zero attached hydrogens (tertiary/aromatic N) is 1. The van der Waals surface area contributed by atoms with E-state index in [0.29, 0.717) is 0 Å². The lowest BCUT2D eigenvalue weighted by molar-refractivity contribution is 0.00578. The average molecular weight is 291 g/mol. The number of rotatable bonds is 3. The maximum absolute atomic E-state index is 6.04. The van der Waals surface area contributed by atoms with Crippen LogP contribution in [0.5, 0.6) is 0 Å². The van der Waals surface area contributed by atoms with Crippen LogP contribution in [0.4, 0.5) is 0 Å². The summed E-state index contributed by atoms with van der Waals surface area (Å²) >= 11 is 0. The van der Waals surface area contributed by atoms with Crippen LogP contribution in [0, 0.1) is 0 Å². The molecule has 118 valence electrons. The number of hydrogen-bond donors (Lipinski definition) is 0. The van der Waals surface area contributed by atoms with Gasteiger partial charge in [-0.1, -0.05) is 38.1 Å². The lowest BCUT2D eigenvalue weighted by Gasteiger charge is -2.32. The third kappa shape index (κ3) is 4.32. The second-order valence-corrected chi connectivity index (χ2v) is 6.57. The van der Waals surface area contributed by atoms with Crippen molar-refractivity contribution in [3.8, 4) is 0 Å². The fourth-order valence-electron chi connectivity index (χ4n) is 2.12. The molecule has 0 radical (unpaired) electrons. The quantitative estimate of drug-likeness (QED) is 0.799. The van der Waals surface area contributed by atoms with Crippen molar-refractivity contribution in [2.75, 3.05) is 14.1 Å². The van der Waals surface area contributed by atoms with Crippen molar-refractivity contribution in [2.45, 2.75) is 59.3 Å². The van der Waals surface area contributed by atoms with Crippen molar-refractivity contribution in [2.24, 2.45) is 0 Å². The molecule has 0 unspecified atom stereocenters. The molecule has 4 heteroatoms. The molecule has 0 N–H and O–H groups in total. The highest BCUT2D eigenvalue weighted by Crippen LogP contribution is 2.36. The summed E-state index contributed by atoms with van der Waals surface area (Å²) in [5, 5.41) is 0. The molecule has 1 aliphatic heterocycles. The van der Waals surface area contributed by atoms with E-state index < -0.39 is 0 Å². The first-order chi connectivity index (χ1) is 9.71. The summed E-state index contributed by atoms with van der Waals surface area (Å²) < 4.78 is 12.1. The van der Waals surface area contributed by atoms with Crippen LogP contribution in [0.25, 0.3) is 0 Å². The summed E-state index contributed by atoms with van der Waals surface area (Å²) in [5.74, 6) is 0. The van der Waals surface area contributed by atoms with Gasteiger partial charge in [0.2, 0.25) is 0 Å². The third-order valence-electron chi connectivity index (χ3n) is 4.00.